The fourth-order valence-corrected chi connectivity index (χ4v) is 27.4. The molecule has 0 spiro atoms. The fourth-order valence-electron chi connectivity index (χ4n) is 26.5. The predicted octanol–water partition coefficient (Wildman–Crippen LogP) is 20.7. The van der Waals surface area contributed by atoms with Gasteiger partial charge >= 0.3 is 0 Å². The van der Waals surface area contributed by atoms with Crippen molar-refractivity contribution in [3.63, 3.8) is 0 Å². The van der Waals surface area contributed by atoms with Crippen LogP contribution in [0.2, 0.25) is 0 Å². The van der Waals surface area contributed by atoms with Gasteiger partial charge in [-0.1, -0.05) is 53.0 Å². The molecule has 34 rings (SSSR count). The van der Waals surface area contributed by atoms with Crippen LogP contribution in [-0.2, 0) is 10.8 Å². The van der Waals surface area contributed by atoms with Crippen LogP contribution in [0.15, 0.2) is 30.3 Å². The molecular weight excluding hydrogens is 1040 g/mol. The fraction of sp³-hybridized carbons (Fsp3) is 0.0933. The Kier molecular flexibility index (Phi) is 3.24. The molecule has 2 nitrogen and oxygen atoms in total. The molecule has 0 radical (unpaired) electrons. The number of benzene rings is 19. The second kappa shape index (κ2) is 7.79. The van der Waals surface area contributed by atoms with Gasteiger partial charge in [0, 0.05) is 45.0 Å². The van der Waals surface area contributed by atoms with Crippen molar-refractivity contribution in [3.8, 4) is 0 Å². The number of halogens is 3. The van der Waals surface area contributed by atoms with Crippen molar-refractivity contribution in [1.29, 1.82) is 0 Å². The van der Waals surface area contributed by atoms with E-state index in [1.165, 1.54) is 163 Å². The smallest absolute Gasteiger partial charge is 0.208 e. The van der Waals surface area contributed by atoms with E-state index in [-0.39, 0.29) is 0 Å². The number of anilines is 2. The topological polar surface area (TPSA) is 6.48 Å². The molecule has 0 saturated carbocycles. The molecule has 29 aromatic rings. The van der Waals surface area contributed by atoms with Gasteiger partial charge in [0.25, 0.3) is 0 Å². The third kappa shape index (κ3) is 1.92. The highest BCUT2D eigenvalue weighted by Crippen LogP contribution is 2.86. The summed E-state index contributed by atoms with van der Waals surface area (Å²) in [6.45, 7) is 0. The van der Waals surface area contributed by atoms with E-state index in [4.69, 9.17) is 34.8 Å². The van der Waals surface area contributed by atoms with Crippen molar-refractivity contribution in [1.82, 2.24) is 0 Å². The normalized spacial score (nSPS) is 20.8. The molecule has 0 saturated heterocycles. The number of rotatable bonds is 3. The molecule has 5 aliphatic rings. The summed E-state index contributed by atoms with van der Waals surface area (Å²) in [7, 11) is 8.93. The van der Waals surface area contributed by atoms with Gasteiger partial charge in [-0.2, -0.15) is 0 Å². The first kappa shape index (κ1) is 33.3. The van der Waals surface area contributed by atoms with E-state index in [0.29, 0.717) is 0 Å². The molecule has 0 amide bonds. The summed E-state index contributed by atoms with van der Waals surface area (Å²) >= 11 is 25.8. The van der Waals surface area contributed by atoms with Gasteiger partial charge in [0.2, 0.25) is 3.79 Å². The second-order valence-electron chi connectivity index (χ2n) is 28.4. The zero-order chi connectivity index (χ0) is 49.6. The summed E-state index contributed by atoms with van der Waals surface area (Å²) in [5.41, 5.74) is 10.5. The number of alkyl halides is 3. The molecule has 0 N–H and O–H groups in total. The molecule has 29 aromatic carbocycles. The van der Waals surface area contributed by atoms with E-state index in [2.05, 4.69) is 68.3 Å². The highest BCUT2D eigenvalue weighted by atomic mass is 35.6. The summed E-state index contributed by atoms with van der Waals surface area (Å²) in [5, 5.41) is 82.7. The van der Waals surface area contributed by atoms with E-state index in [9.17, 15) is 0 Å². The standard InChI is InChI=1S/C75H17Cl3N2/c1-79(2)12-7-5-6-10-11(8-9-13(14(10)12)80(3)4)73-67-59-50-43-30-23-17-18-20-16-15-19(17)28(30)34-32-21(15)25-22(16)33-35-29(20)31-24(18)27-26(23)37-45-38(27)47-44(31)51-49(35)53-40(33)42-36(25)41-39(32)52(48(34)50)63(67)65-54(41)55(42)66-64(53)68-60(51)57(47)62-58(45)61(56(59)46(37)43)69(73)71(62)74(68,75(76,77)78)72(66)70(65)73/h5-9H,1-4H3. The van der Waals surface area contributed by atoms with Crippen LogP contribution in [0, 0.1) is 0 Å². The van der Waals surface area contributed by atoms with Crippen LogP contribution >= 0.6 is 34.8 Å². The van der Waals surface area contributed by atoms with Crippen molar-refractivity contribution >= 4 is 337 Å². The maximum absolute atomic E-state index is 8.58. The van der Waals surface area contributed by atoms with Gasteiger partial charge in [-0.15, -0.1) is 0 Å². The van der Waals surface area contributed by atoms with Gasteiger partial charge in [-0.05, 0) is 337 Å². The van der Waals surface area contributed by atoms with Crippen molar-refractivity contribution < 1.29 is 0 Å². The molecule has 2 atom stereocenters. The van der Waals surface area contributed by atoms with Crippen molar-refractivity contribution in [2.75, 3.05) is 38.0 Å². The van der Waals surface area contributed by atoms with Gasteiger partial charge in [-0.3, -0.25) is 0 Å². The van der Waals surface area contributed by atoms with Gasteiger partial charge in [0.1, 0.15) is 0 Å². The van der Waals surface area contributed by atoms with Crippen LogP contribution in [0.25, 0.3) is 291 Å². The number of hydrogen-bond donors (Lipinski definition) is 0. The number of nitrogens with zero attached hydrogens (tertiary/aromatic N) is 2. The molecule has 0 heterocycles. The SMILES string of the molecule is CN(C)c1cccc2c(C34c5c6c7c8c9c%10c%11c%12c(c3c3c%13c4c4c%14c5c7c5c7c%14c%14c4c4c%13c%13c%15c3c%12c3c%12c%11c%11c9c9c8c5c5c7c7c%14c8c4c%13c4c(c%153)c3c%12c%11c%11c9c5c5c%11c3c4c8c75)C6%10C(Cl)(Cl)Cl)ccc(N(C)C)c12. The number of fused-ring (bicyclic) bond motifs is 1. The maximum Gasteiger partial charge on any atom is 0.208 e. The Morgan fingerprint density at radius 3 is 0.825 bits per heavy atom. The Morgan fingerprint density at radius 2 is 0.487 bits per heavy atom. The summed E-state index contributed by atoms with van der Waals surface area (Å²) < 4.78 is -1.76. The first-order chi connectivity index (χ1) is 39.2. The number of hydrogen-bond acceptors (Lipinski definition) is 2. The van der Waals surface area contributed by atoms with Gasteiger partial charge in [0.15, 0.2) is 0 Å². The summed E-state index contributed by atoms with van der Waals surface area (Å²) in [6, 6.07) is 12.3. The average Bonchev–Trinajstić information content (AvgIpc) is 1.45. The van der Waals surface area contributed by atoms with Gasteiger partial charge in [0.05, 0.1) is 10.8 Å². The van der Waals surface area contributed by atoms with E-state index >= 15 is 0 Å². The van der Waals surface area contributed by atoms with Crippen LogP contribution in [0.5, 0.6) is 0 Å². The minimum absolute atomic E-state index is 0.741. The Hall–Kier alpha value is -8.37. The predicted molar refractivity (Wildman–Crippen MR) is 344 cm³/mol. The maximum atomic E-state index is 8.58. The monoisotopic (exact) mass is 1050 g/mol. The minimum Gasteiger partial charge on any atom is -0.377 e. The molecule has 80 heavy (non-hydrogen) atoms. The van der Waals surface area contributed by atoms with Crippen LogP contribution in [0.4, 0.5) is 11.4 Å². The van der Waals surface area contributed by atoms with Crippen LogP contribution in [-0.4, -0.2) is 32.0 Å². The zero-order valence-electron chi connectivity index (χ0n) is 41.9. The third-order valence-corrected chi connectivity index (χ3v) is 27.9. The lowest BCUT2D eigenvalue weighted by Gasteiger charge is -2.51. The Balaban J connectivity index is 1.11. The molecule has 5 heteroatoms. The highest BCUT2D eigenvalue weighted by Gasteiger charge is 2.71. The quantitative estimate of drug-likeness (QED) is 0.129. The first-order valence-corrected chi connectivity index (χ1v) is 30.1. The molecule has 2 unspecified atom stereocenters. The van der Waals surface area contributed by atoms with Crippen molar-refractivity contribution in [3.05, 3.63) is 69.3 Å². The van der Waals surface area contributed by atoms with E-state index in [0.717, 1.165) is 0 Å². The van der Waals surface area contributed by atoms with Crippen LogP contribution in [0.3, 0.4) is 0 Å². The van der Waals surface area contributed by atoms with Gasteiger partial charge < -0.3 is 9.80 Å². The summed E-state index contributed by atoms with van der Waals surface area (Å²) in [4.78, 5) is 4.69. The molecular formula is C75H17Cl3N2. The lowest BCUT2D eigenvalue weighted by Crippen LogP contribution is -2.49. The van der Waals surface area contributed by atoms with Crippen molar-refractivity contribution in [2.24, 2.45) is 0 Å². The molecule has 0 aliphatic heterocycles. The molecule has 0 fully saturated rings. The first-order valence-electron chi connectivity index (χ1n) is 29.0. The third-order valence-electron chi connectivity index (χ3n) is 27.0. The Bertz CT molecular complexity index is 8080. The van der Waals surface area contributed by atoms with E-state index in [1.807, 2.05) is 0 Å². The van der Waals surface area contributed by atoms with Crippen LogP contribution in [0.1, 0.15) is 38.9 Å². The molecule has 348 valence electrons. The van der Waals surface area contributed by atoms with Gasteiger partial charge in [-0.25, -0.2) is 0 Å². The van der Waals surface area contributed by atoms with Crippen molar-refractivity contribution in [2.45, 2.75) is 14.6 Å². The average molecular weight is 1050 g/mol. The lowest BCUT2D eigenvalue weighted by molar-refractivity contribution is 0.595. The van der Waals surface area contributed by atoms with E-state index in [1.54, 1.807) is 178 Å². The lowest BCUT2D eigenvalue weighted by atomic mass is 9.52. The Labute approximate surface area is 455 Å². The highest BCUT2D eigenvalue weighted by molar-refractivity contribution is 6.82. The molecule has 0 bridgehead atoms. The minimum atomic E-state index is -1.76. The largest absolute Gasteiger partial charge is 0.377 e. The zero-order valence-corrected chi connectivity index (χ0v) is 44.2. The second-order valence-corrected chi connectivity index (χ2v) is 30.6. The Morgan fingerprint density at radius 1 is 0.250 bits per heavy atom. The van der Waals surface area contributed by atoms with E-state index < -0.39 is 14.6 Å². The van der Waals surface area contributed by atoms with Crippen LogP contribution < -0.4 is 9.80 Å². The molecule has 0 aromatic heterocycles. The summed E-state index contributed by atoms with van der Waals surface area (Å²) in [5.74, 6) is 0. The summed E-state index contributed by atoms with van der Waals surface area (Å²) in [6.07, 6.45) is 0. The molecule has 5 aliphatic carbocycles.